The number of nitrogens with one attached hydrogen (secondary N) is 2. The summed E-state index contributed by atoms with van der Waals surface area (Å²) in [6.07, 6.45) is 1.08. The zero-order chi connectivity index (χ0) is 13.0. The van der Waals surface area contributed by atoms with Gasteiger partial charge in [0, 0.05) is 6.54 Å². The van der Waals surface area contributed by atoms with Crippen LogP contribution in [0.1, 0.15) is 26.2 Å². The minimum absolute atomic E-state index is 0.0343. The van der Waals surface area contributed by atoms with Crippen molar-refractivity contribution in [3.63, 3.8) is 0 Å². The van der Waals surface area contributed by atoms with Crippen LogP contribution < -0.4 is 16.8 Å². The number of unbranched alkanes of at least 4 members (excludes halogenated alkanes) is 1. The summed E-state index contributed by atoms with van der Waals surface area (Å²) in [6, 6.07) is 0. The number of aliphatic carboxylic acids is 1. The quantitative estimate of drug-likeness (QED) is 0.198. The molecule has 7 nitrogen and oxygen atoms in total. The largest absolute Gasteiger partial charge is 0.481 e. The summed E-state index contributed by atoms with van der Waals surface area (Å²) in [5.74, 6) is -0.929. The molecule has 0 rings (SSSR count). The monoisotopic (exact) mass is 234 g/mol. The lowest BCUT2D eigenvalue weighted by atomic mass is 10.3. The van der Waals surface area contributed by atoms with Gasteiger partial charge in [-0.2, -0.15) is 0 Å². The van der Waals surface area contributed by atoms with Crippen molar-refractivity contribution >= 4 is 11.9 Å². The molecule has 1 atom stereocenters. The Labute approximate surface area is 95.3 Å². The number of carboxylic acid groups (broad SMARTS) is 1. The van der Waals surface area contributed by atoms with Crippen molar-refractivity contribution < 1.29 is 15.0 Å². The number of carbonyl (C=O) groups is 1. The van der Waals surface area contributed by atoms with Gasteiger partial charge < -0.3 is 27.0 Å². The fraction of sp³-hybridized carbons (Fsp3) is 0.778. The molecule has 8 N–H and O–H groups in total. The number of aliphatic hydroxyl groups excluding tert-OH is 1. The standard InChI is InChI=1S/C5H14N4.C4H8O3/c6-3-1-2-4-9-5(7)8;1-3(5)2-4(6)7/h1-4,6H2,(H4,7,8,9);3,5H,2H2,1H3,(H,6,7)/t;3-/m.1/s1. The average molecular weight is 234 g/mol. The first-order chi connectivity index (χ1) is 7.40. The van der Waals surface area contributed by atoms with Crippen molar-refractivity contribution in [1.82, 2.24) is 5.32 Å². The van der Waals surface area contributed by atoms with E-state index in [4.69, 9.17) is 27.1 Å². The fourth-order valence-corrected chi connectivity index (χ4v) is 0.745. The highest BCUT2D eigenvalue weighted by Gasteiger charge is 2.00. The molecule has 0 aliphatic carbocycles. The molecule has 0 fully saturated rings. The van der Waals surface area contributed by atoms with Crippen molar-refractivity contribution in [2.45, 2.75) is 32.3 Å². The third kappa shape index (κ3) is 23.0. The van der Waals surface area contributed by atoms with E-state index < -0.39 is 12.1 Å². The Bertz CT molecular complexity index is 197. The van der Waals surface area contributed by atoms with Crippen LogP contribution >= 0.6 is 0 Å². The zero-order valence-electron chi connectivity index (χ0n) is 9.57. The van der Waals surface area contributed by atoms with Crippen LogP contribution in [0.4, 0.5) is 0 Å². The van der Waals surface area contributed by atoms with E-state index in [0.717, 1.165) is 19.4 Å². The maximum Gasteiger partial charge on any atom is 0.305 e. The molecule has 0 radical (unpaired) electrons. The van der Waals surface area contributed by atoms with Gasteiger partial charge in [0.25, 0.3) is 0 Å². The van der Waals surface area contributed by atoms with E-state index in [1.807, 2.05) is 0 Å². The highest BCUT2D eigenvalue weighted by Crippen LogP contribution is 1.85. The van der Waals surface area contributed by atoms with Gasteiger partial charge in [0.15, 0.2) is 5.96 Å². The van der Waals surface area contributed by atoms with Gasteiger partial charge in [0.2, 0.25) is 0 Å². The van der Waals surface area contributed by atoms with Crippen LogP contribution in [0.2, 0.25) is 0 Å². The molecule has 0 bridgehead atoms. The zero-order valence-corrected chi connectivity index (χ0v) is 9.57. The summed E-state index contributed by atoms with van der Waals surface area (Å²) in [6.45, 7) is 2.90. The lowest BCUT2D eigenvalue weighted by molar-refractivity contribution is -0.138. The van der Waals surface area contributed by atoms with E-state index in [-0.39, 0.29) is 12.4 Å². The average Bonchev–Trinajstić information content (AvgIpc) is 2.11. The molecule has 0 saturated carbocycles. The van der Waals surface area contributed by atoms with Crippen LogP contribution in [0.3, 0.4) is 0 Å². The highest BCUT2D eigenvalue weighted by atomic mass is 16.4. The fourth-order valence-electron chi connectivity index (χ4n) is 0.745. The number of hydrogen-bond donors (Lipinski definition) is 6. The molecule has 0 spiro atoms. The van der Waals surface area contributed by atoms with Crippen molar-refractivity contribution in [3.05, 3.63) is 0 Å². The third-order valence-corrected chi connectivity index (χ3v) is 1.42. The molecule has 0 aromatic heterocycles. The van der Waals surface area contributed by atoms with Crippen molar-refractivity contribution in [2.24, 2.45) is 11.5 Å². The minimum atomic E-state index is -0.963. The summed E-state index contributed by atoms with van der Waals surface area (Å²) in [7, 11) is 0. The maximum atomic E-state index is 9.65. The van der Waals surface area contributed by atoms with Crippen LogP contribution in [0.25, 0.3) is 0 Å². The molecule has 0 aliphatic rings. The highest BCUT2D eigenvalue weighted by molar-refractivity contribution is 5.74. The molecular weight excluding hydrogens is 212 g/mol. The number of hydrogen-bond acceptors (Lipinski definition) is 4. The third-order valence-electron chi connectivity index (χ3n) is 1.42. The van der Waals surface area contributed by atoms with Crippen LogP contribution in [0, 0.1) is 5.41 Å². The first kappa shape index (κ1) is 17.1. The molecule has 0 unspecified atom stereocenters. The molecule has 0 amide bonds. The Balaban J connectivity index is 0. The summed E-state index contributed by atoms with van der Waals surface area (Å²) in [4.78, 5) is 9.65. The number of nitrogens with two attached hydrogens (primary N) is 2. The van der Waals surface area contributed by atoms with Crippen LogP contribution in [-0.4, -0.2) is 41.3 Å². The van der Waals surface area contributed by atoms with Crippen LogP contribution in [-0.2, 0) is 4.79 Å². The number of aliphatic hydroxyl groups is 1. The molecule has 7 heteroatoms. The summed E-state index contributed by atoms with van der Waals surface area (Å²) >= 11 is 0. The number of rotatable bonds is 6. The molecule has 0 aromatic rings. The van der Waals surface area contributed by atoms with Crippen molar-refractivity contribution in [3.8, 4) is 0 Å². The molecule has 16 heavy (non-hydrogen) atoms. The first-order valence-electron chi connectivity index (χ1n) is 5.08. The smallest absolute Gasteiger partial charge is 0.305 e. The van der Waals surface area contributed by atoms with Gasteiger partial charge in [0.05, 0.1) is 12.5 Å². The number of carboxylic acids is 1. The predicted octanol–water partition coefficient (Wildman–Crippen LogP) is -0.950. The second-order valence-electron chi connectivity index (χ2n) is 3.28. The van der Waals surface area contributed by atoms with E-state index in [1.165, 1.54) is 6.92 Å². The Morgan fingerprint density at radius 2 is 2.06 bits per heavy atom. The van der Waals surface area contributed by atoms with Crippen LogP contribution in [0.15, 0.2) is 0 Å². The van der Waals surface area contributed by atoms with E-state index in [9.17, 15) is 4.79 Å². The van der Waals surface area contributed by atoms with Gasteiger partial charge in [-0.15, -0.1) is 0 Å². The van der Waals surface area contributed by atoms with E-state index in [0.29, 0.717) is 6.54 Å². The van der Waals surface area contributed by atoms with Crippen molar-refractivity contribution in [1.29, 1.82) is 5.41 Å². The summed E-state index contributed by atoms with van der Waals surface area (Å²) in [5.41, 5.74) is 10.2. The van der Waals surface area contributed by atoms with Gasteiger partial charge >= 0.3 is 5.97 Å². The second kappa shape index (κ2) is 11.7. The van der Waals surface area contributed by atoms with Crippen molar-refractivity contribution in [2.75, 3.05) is 13.1 Å². The first-order valence-corrected chi connectivity index (χ1v) is 5.08. The van der Waals surface area contributed by atoms with Gasteiger partial charge in [-0.1, -0.05) is 0 Å². The summed E-state index contributed by atoms with van der Waals surface area (Å²) in [5, 5.41) is 25.7. The Morgan fingerprint density at radius 1 is 1.50 bits per heavy atom. The molecule has 96 valence electrons. The maximum absolute atomic E-state index is 9.65. The molecule has 0 saturated heterocycles. The number of guanidine groups is 1. The Kier molecular flexibility index (Phi) is 12.5. The Hall–Kier alpha value is -1.34. The van der Waals surface area contributed by atoms with E-state index in [1.54, 1.807) is 0 Å². The van der Waals surface area contributed by atoms with Gasteiger partial charge in [-0.3, -0.25) is 10.2 Å². The second-order valence-corrected chi connectivity index (χ2v) is 3.28. The molecular formula is C9H22N4O3. The summed E-state index contributed by atoms with van der Waals surface area (Å²) < 4.78 is 0. The molecule has 0 aromatic carbocycles. The minimum Gasteiger partial charge on any atom is -0.481 e. The Morgan fingerprint density at radius 3 is 2.31 bits per heavy atom. The molecule has 0 heterocycles. The topological polar surface area (TPSA) is 145 Å². The van der Waals surface area contributed by atoms with Gasteiger partial charge in [-0.05, 0) is 26.3 Å². The van der Waals surface area contributed by atoms with E-state index in [2.05, 4.69) is 5.32 Å². The lowest BCUT2D eigenvalue weighted by Crippen LogP contribution is -2.31. The molecule has 0 aliphatic heterocycles. The predicted molar refractivity (Wildman–Crippen MR) is 62.1 cm³/mol. The SMILES string of the molecule is C[C@@H](O)CC(=O)O.N=C(N)NCCCCN. The van der Waals surface area contributed by atoms with E-state index >= 15 is 0 Å². The lowest BCUT2D eigenvalue weighted by Gasteiger charge is -2.00. The van der Waals surface area contributed by atoms with Gasteiger partial charge in [-0.25, -0.2) is 0 Å². The normalized spacial score (nSPS) is 10.9. The van der Waals surface area contributed by atoms with Crippen LogP contribution in [0.5, 0.6) is 0 Å². The van der Waals surface area contributed by atoms with Gasteiger partial charge in [0.1, 0.15) is 0 Å².